The van der Waals surface area contributed by atoms with Crippen LogP contribution in [0, 0.1) is 17.2 Å². The first-order valence-corrected chi connectivity index (χ1v) is 7.38. The summed E-state index contributed by atoms with van der Waals surface area (Å²) in [5.74, 6) is -0.330. The van der Waals surface area contributed by atoms with E-state index in [0.29, 0.717) is 18.7 Å². The van der Waals surface area contributed by atoms with Gasteiger partial charge < -0.3 is 10.2 Å². The van der Waals surface area contributed by atoms with Gasteiger partial charge in [0.2, 0.25) is 11.8 Å². The van der Waals surface area contributed by atoms with Crippen LogP contribution >= 0.6 is 0 Å². The fourth-order valence-electron chi connectivity index (χ4n) is 3.30. The van der Waals surface area contributed by atoms with Crippen LogP contribution < -0.4 is 5.32 Å². The number of carbonyl (C=O) groups is 2. The summed E-state index contributed by atoms with van der Waals surface area (Å²) in [7, 11) is 0. The van der Waals surface area contributed by atoms with Crippen LogP contribution in [-0.4, -0.2) is 29.8 Å². The Morgan fingerprint density at radius 2 is 2.29 bits per heavy atom. The van der Waals surface area contributed by atoms with Crippen molar-refractivity contribution < 1.29 is 14.0 Å². The maximum Gasteiger partial charge on any atom is 0.228 e. The Hall–Kier alpha value is -1.91. The second-order valence-electron chi connectivity index (χ2n) is 6.04. The molecule has 1 saturated heterocycles. The van der Waals surface area contributed by atoms with Crippen LogP contribution in [0.1, 0.15) is 26.2 Å². The molecule has 1 aliphatic heterocycles. The molecule has 2 amide bonds. The third-order valence-electron chi connectivity index (χ3n) is 4.64. The van der Waals surface area contributed by atoms with Crippen molar-refractivity contribution in [2.75, 3.05) is 18.4 Å². The van der Waals surface area contributed by atoms with Gasteiger partial charge in [-0.1, -0.05) is 13.0 Å². The van der Waals surface area contributed by atoms with E-state index in [1.54, 1.807) is 12.1 Å². The molecule has 2 fully saturated rings. The number of anilines is 1. The fourth-order valence-corrected chi connectivity index (χ4v) is 3.30. The van der Waals surface area contributed by atoms with Crippen molar-refractivity contribution in [3.05, 3.63) is 30.1 Å². The lowest BCUT2D eigenvalue weighted by atomic mass is 10.0. The topological polar surface area (TPSA) is 49.4 Å². The minimum Gasteiger partial charge on any atom is -0.342 e. The highest BCUT2D eigenvalue weighted by atomic mass is 19.1. The molecule has 0 bridgehead atoms. The van der Waals surface area contributed by atoms with E-state index in [1.165, 1.54) is 12.1 Å². The first kappa shape index (κ1) is 14.0. The largest absolute Gasteiger partial charge is 0.342 e. The van der Waals surface area contributed by atoms with Gasteiger partial charge in [-0.25, -0.2) is 4.39 Å². The molecular weight excluding hydrogens is 271 g/mol. The van der Waals surface area contributed by atoms with Gasteiger partial charge in [-0.3, -0.25) is 9.59 Å². The zero-order valence-corrected chi connectivity index (χ0v) is 12.1. The Bertz CT molecular complexity index is 589. The Kier molecular flexibility index (Phi) is 3.43. The number of nitrogens with zero attached hydrogens (tertiary/aromatic N) is 1. The minimum atomic E-state index is -0.362. The summed E-state index contributed by atoms with van der Waals surface area (Å²) in [5, 5.41) is 2.77. The third-order valence-corrected chi connectivity index (χ3v) is 4.64. The van der Waals surface area contributed by atoms with Crippen molar-refractivity contribution in [1.82, 2.24) is 4.90 Å². The molecule has 3 rings (SSSR count). The van der Waals surface area contributed by atoms with Crippen LogP contribution in [0.4, 0.5) is 10.1 Å². The summed E-state index contributed by atoms with van der Waals surface area (Å²) in [4.78, 5) is 25.8. The lowest BCUT2D eigenvalue weighted by Gasteiger charge is -2.15. The Morgan fingerprint density at radius 1 is 1.48 bits per heavy atom. The zero-order chi connectivity index (χ0) is 15.0. The summed E-state index contributed by atoms with van der Waals surface area (Å²) in [6.07, 6.45) is 2.22. The normalized spacial score (nSPS) is 27.0. The lowest BCUT2D eigenvalue weighted by molar-refractivity contribution is -0.130. The third kappa shape index (κ3) is 2.64. The smallest absolute Gasteiger partial charge is 0.228 e. The van der Waals surface area contributed by atoms with Crippen LogP contribution in [0.5, 0.6) is 0 Å². The predicted molar refractivity (Wildman–Crippen MR) is 77.1 cm³/mol. The van der Waals surface area contributed by atoms with Crippen LogP contribution in [0.15, 0.2) is 24.3 Å². The van der Waals surface area contributed by atoms with Gasteiger partial charge in [0.15, 0.2) is 0 Å². The number of hydrogen-bond acceptors (Lipinski definition) is 2. The summed E-state index contributed by atoms with van der Waals surface area (Å²) < 4.78 is 13.1. The molecule has 1 N–H and O–H groups in total. The molecule has 112 valence electrons. The molecule has 0 aromatic heterocycles. The Morgan fingerprint density at radius 3 is 3.00 bits per heavy atom. The summed E-state index contributed by atoms with van der Waals surface area (Å²) in [6, 6.07) is 5.91. The fraction of sp³-hybridized carbons (Fsp3) is 0.500. The first-order chi connectivity index (χ1) is 10.0. The minimum absolute atomic E-state index is 0.0394. The monoisotopic (exact) mass is 290 g/mol. The zero-order valence-electron chi connectivity index (χ0n) is 12.1. The van der Waals surface area contributed by atoms with E-state index >= 15 is 0 Å². The van der Waals surface area contributed by atoms with Gasteiger partial charge in [0, 0.05) is 36.5 Å². The van der Waals surface area contributed by atoms with Crippen molar-refractivity contribution in [2.24, 2.45) is 11.3 Å². The van der Waals surface area contributed by atoms with Crippen molar-refractivity contribution >= 4 is 17.5 Å². The highest BCUT2D eigenvalue weighted by Gasteiger charge is 2.61. The van der Waals surface area contributed by atoms with Crippen LogP contribution in [0.2, 0.25) is 0 Å². The van der Waals surface area contributed by atoms with E-state index in [1.807, 2.05) is 11.8 Å². The number of benzene rings is 1. The number of likely N-dealkylation sites (tertiary alicyclic amines) is 1. The Labute approximate surface area is 123 Å². The molecule has 1 saturated carbocycles. The molecule has 1 aromatic rings. The molecule has 1 spiro atoms. The molecule has 2 atom stereocenters. The molecule has 1 aromatic carbocycles. The van der Waals surface area contributed by atoms with E-state index in [0.717, 1.165) is 19.4 Å². The standard InChI is InChI=1S/C16H19FN2O2/c1-2-14(20)19-7-6-16(10-19)9-13(16)15(21)18-12-5-3-4-11(17)8-12/h3-5,8,13H,2,6-7,9-10H2,1H3,(H,18,21)/t13-,16+/m0/s1. The van der Waals surface area contributed by atoms with Crippen LogP contribution in [0.25, 0.3) is 0 Å². The van der Waals surface area contributed by atoms with Crippen LogP contribution in [-0.2, 0) is 9.59 Å². The molecule has 1 heterocycles. The average molecular weight is 290 g/mol. The van der Waals surface area contributed by atoms with E-state index in [2.05, 4.69) is 5.32 Å². The number of halogens is 1. The number of amides is 2. The molecule has 1 aliphatic carbocycles. The van der Waals surface area contributed by atoms with Gasteiger partial charge in [-0.15, -0.1) is 0 Å². The van der Waals surface area contributed by atoms with E-state index < -0.39 is 0 Å². The summed E-state index contributed by atoms with van der Waals surface area (Å²) in [6.45, 7) is 3.28. The van der Waals surface area contributed by atoms with Crippen LogP contribution in [0.3, 0.4) is 0 Å². The van der Waals surface area contributed by atoms with Gasteiger partial charge in [-0.2, -0.15) is 0 Å². The first-order valence-electron chi connectivity index (χ1n) is 7.38. The molecule has 2 aliphatic rings. The van der Waals surface area contributed by atoms with Crippen molar-refractivity contribution in [1.29, 1.82) is 0 Å². The lowest BCUT2D eigenvalue weighted by Crippen LogP contribution is -2.29. The number of hydrogen-bond donors (Lipinski definition) is 1. The number of nitrogens with one attached hydrogen (secondary N) is 1. The van der Waals surface area contributed by atoms with Gasteiger partial charge in [-0.05, 0) is 31.0 Å². The Balaban J connectivity index is 1.60. The maximum atomic E-state index is 13.1. The summed E-state index contributed by atoms with van der Waals surface area (Å²) in [5.41, 5.74) is 0.448. The molecule has 4 nitrogen and oxygen atoms in total. The highest BCUT2D eigenvalue weighted by molar-refractivity contribution is 5.95. The molecule has 21 heavy (non-hydrogen) atoms. The second kappa shape index (κ2) is 5.13. The van der Waals surface area contributed by atoms with Crippen molar-refractivity contribution in [3.63, 3.8) is 0 Å². The SMILES string of the molecule is CCC(=O)N1CC[C@@]2(C[C@H]2C(=O)Nc2cccc(F)c2)C1. The highest BCUT2D eigenvalue weighted by Crippen LogP contribution is 2.58. The van der Waals surface area contributed by atoms with Crippen molar-refractivity contribution in [3.8, 4) is 0 Å². The quantitative estimate of drug-likeness (QED) is 0.929. The van der Waals surface area contributed by atoms with Gasteiger partial charge >= 0.3 is 0 Å². The van der Waals surface area contributed by atoms with Crippen molar-refractivity contribution in [2.45, 2.75) is 26.2 Å². The average Bonchev–Trinajstić information content (AvgIpc) is 2.99. The molecular formula is C16H19FN2O2. The van der Waals surface area contributed by atoms with E-state index in [-0.39, 0.29) is 29.0 Å². The van der Waals surface area contributed by atoms with Gasteiger partial charge in [0.25, 0.3) is 0 Å². The molecule has 0 radical (unpaired) electrons. The second-order valence-corrected chi connectivity index (χ2v) is 6.04. The maximum absolute atomic E-state index is 13.1. The van der Waals surface area contributed by atoms with E-state index in [4.69, 9.17) is 0 Å². The van der Waals surface area contributed by atoms with Gasteiger partial charge in [0.1, 0.15) is 5.82 Å². The number of rotatable bonds is 3. The number of carbonyl (C=O) groups excluding carboxylic acids is 2. The van der Waals surface area contributed by atoms with E-state index in [9.17, 15) is 14.0 Å². The molecule has 0 unspecified atom stereocenters. The molecule has 5 heteroatoms. The predicted octanol–water partition coefficient (Wildman–Crippen LogP) is 2.41. The summed E-state index contributed by atoms with van der Waals surface area (Å²) >= 11 is 0. The van der Waals surface area contributed by atoms with Gasteiger partial charge in [0.05, 0.1) is 0 Å².